The molecule has 2 rings (SSSR count). The molecule has 0 saturated heterocycles. The summed E-state index contributed by atoms with van der Waals surface area (Å²) in [6, 6.07) is 8.76. The van der Waals surface area contributed by atoms with Crippen molar-refractivity contribution in [2.45, 2.75) is 45.3 Å². The molecule has 0 spiro atoms. The fourth-order valence-electron chi connectivity index (χ4n) is 2.97. The van der Waals surface area contributed by atoms with E-state index in [4.69, 9.17) is 4.74 Å². The summed E-state index contributed by atoms with van der Waals surface area (Å²) in [5, 5.41) is 5.27. The molecule has 0 radical (unpaired) electrons. The minimum atomic E-state index is -0.577. The second-order valence-corrected chi connectivity index (χ2v) is 6.09. The summed E-state index contributed by atoms with van der Waals surface area (Å²) < 4.78 is 5.12. The average Bonchev–Trinajstić information content (AvgIpc) is 3.10. The molecule has 0 aromatic heterocycles. The van der Waals surface area contributed by atoms with Crippen LogP contribution in [0.1, 0.15) is 38.2 Å². The lowest BCUT2D eigenvalue weighted by molar-refractivity contribution is -0.145. The lowest BCUT2D eigenvalue weighted by atomic mass is 9.97. The van der Waals surface area contributed by atoms with Crippen LogP contribution in [0.25, 0.3) is 0 Å². The molecule has 1 saturated carbocycles. The van der Waals surface area contributed by atoms with Crippen molar-refractivity contribution < 1.29 is 19.1 Å². The van der Waals surface area contributed by atoms with Gasteiger partial charge in [0.1, 0.15) is 19.2 Å². The quantitative estimate of drug-likeness (QED) is 0.742. The van der Waals surface area contributed by atoms with Crippen LogP contribution >= 0.6 is 0 Å². The van der Waals surface area contributed by atoms with Crippen molar-refractivity contribution in [1.29, 1.82) is 0 Å². The fraction of sp³-hybridized carbons (Fsp3) is 0.500. The molecule has 0 aliphatic heterocycles. The van der Waals surface area contributed by atoms with Crippen LogP contribution < -0.4 is 10.6 Å². The molecule has 24 heavy (non-hydrogen) atoms. The van der Waals surface area contributed by atoms with Crippen LogP contribution in [-0.2, 0) is 25.7 Å². The number of carbonyl (C=O) groups excluding carboxylic acids is 3. The SMILES string of the molecule is CC(=O)NC(C(=O)NCC(=O)OCc1ccccc1)C1CCCC1. The van der Waals surface area contributed by atoms with Gasteiger partial charge in [0, 0.05) is 6.92 Å². The first-order valence-corrected chi connectivity index (χ1v) is 8.30. The third-order valence-corrected chi connectivity index (χ3v) is 4.16. The Morgan fingerprint density at radius 1 is 1.17 bits per heavy atom. The number of rotatable bonds is 7. The monoisotopic (exact) mass is 332 g/mol. The Labute approximate surface area is 142 Å². The van der Waals surface area contributed by atoms with Gasteiger partial charge in [-0.2, -0.15) is 0 Å². The highest BCUT2D eigenvalue weighted by atomic mass is 16.5. The zero-order chi connectivity index (χ0) is 17.4. The van der Waals surface area contributed by atoms with E-state index in [1.165, 1.54) is 6.92 Å². The number of ether oxygens (including phenoxy) is 1. The smallest absolute Gasteiger partial charge is 0.325 e. The van der Waals surface area contributed by atoms with Gasteiger partial charge in [-0.3, -0.25) is 14.4 Å². The first-order chi connectivity index (χ1) is 11.6. The molecule has 1 unspecified atom stereocenters. The first kappa shape index (κ1) is 18.0. The molecule has 0 heterocycles. The maximum absolute atomic E-state index is 12.3. The van der Waals surface area contributed by atoms with Gasteiger partial charge in [-0.15, -0.1) is 0 Å². The van der Waals surface area contributed by atoms with Crippen molar-refractivity contribution in [2.75, 3.05) is 6.54 Å². The van der Waals surface area contributed by atoms with E-state index in [1.807, 2.05) is 30.3 Å². The second kappa shape index (κ2) is 9.05. The molecule has 1 aromatic carbocycles. The minimum Gasteiger partial charge on any atom is -0.460 e. The number of carbonyl (C=O) groups is 3. The maximum atomic E-state index is 12.3. The zero-order valence-corrected chi connectivity index (χ0v) is 13.9. The molecule has 6 nitrogen and oxygen atoms in total. The van der Waals surface area contributed by atoms with Crippen LogP contribution in [0, 0.1) is 5.92 Å². The summed E-state index contributed by atoms with van der Waals surface area (Å²) in [5.41, 5.74) is 0.888. The summed E-state index contributed by atoms with van der Waals surface area (Å²) in [6.45, 7) is 1.37. The van der Waals surface area contributed by atoms with Crippen LogP contribution in [0.5, 0.6) is 0 Å². The largest absolute Gasteiger partial charge is 0.460 e. The molecular weight excluding hydrogens is 308 g/mol. The van der Waals surface area contributed by atoms with Crippen molar-refractivity contribution in [3.8, 4) is 0 Å². The van der Waals surface area contributed by atoms with Crippen molar-refractivity contribution in [3.05, 3.63) is 35.9 Å². The summed E-state index contributed by atoms with van der Waals surface area (Å²) in [7, 11) is 0. The van der Waals surface area contributed by atoms with Crippen molar-refractivity contribution >= 4 is 17.8 Å². The lowest BCUT2D eigenvalue weighted by Gasteiger charge is -2.23. The van der Waals surface area contributed by atoms with Gasteiger partial charge in [-0.25, -0.2) is 0 Å². The molecule has 2 amide bonds. The van der Waals surface area contributed by atoms with Gasteiger partial charge in [-0.05, 0) is 24.3 Å². The Bertz CT molecular complexity index is 568. The molecule has 1 atom stereocenters. The Hall–Kier alpha value is -2.37. The Balaban J connectivity index is 1.78. The van der Waals surface area contributed by atoms with Crippen LogP contribution in [-0.4, -0.2) is 30.4 Å². The standard InChI is InChI=1S/C18H24N2O4/c1-13(21)20-17(15-9-5-6-10-15)18(23)19-11-16(22)24-12-14-7-3-2-4-8-14/h2-4,7-8,15,17H,5-6,9-12H2,1H3,(H,19,23)(H,20,21). The van der Waals surface area contributed by atoms with E-state index in [2.05, 4.69) is 10.6 Å². The van der Waals surface area contributed by atoms with Gasteiger partial charge in [0.15, 0.2) is 0 Å². The van der Waals surface area contributed by atoms with Gasteiger partial charge in [0.05, 0.1) is 0 Å². The van der Waals surface area contributed by atoms with E-state index in [-0.39, 0.29) is 30.9 Å². The highest BCUT2D eigenvalue weighted by Crippen LogP contribution is 2.27. The van der Waals surface area contributed by atoms with Crippen molar-refractivity contribution in [1.82, 2.24) is 10.6 Å². The molecule has 1 aliphatic rings. The number of esters is 1. The third-order valence-electron chi connectivity index (χ3n) is 4.16. The first-order valence-electron chi connectivity index (χ1n) is 8.30. The number of benzene rings is 1. The van der Waals surface area contributed by atoms with Gasteiger partial charge < -0.3 is 15.4 Å². The lowest BCUT2D eigenvalue weighted by Crippen LogP contribution is -2.50. The molecule has 6 heteroatoms. The highest BCUT2D eigenvalue weighted by molar-refractivity contribution is 5.89. The maximum Gasteiger partial charge on any atom is 0.325 e. The number of nitrogens with one attached hydrogen (secondary N) is 2. The fourth-order valence-corrected chi connectivity index (χ4v) is 2.97. The second-order valence-electron chi connectivity index (χ2n) is 6.09. The van der Waals surface area contributed by atoms with E-state index in [0.717, 1.165) is 31.2 Å². The summed E-state index contributed by atoms with van der Waals surface area (Å²) in [4.78, 5) is 35.4. The number of hydrogen-bond donors (Lipinski definition) is 2. The van der Waals surface area contributed by atoms with Gasteiger partial charge in [-0.1, -0.05) is 43.2 Å². The normalized spacial score (nSPS) is 15.5. The topological polar surface area (TPSA) is 84.5 Å². The third kappa shape index (κ3) is 5.68. The van der Waals surface area contributed by atoms with Crippen molar-refractivity contribution in [2.24, 2.45) is 5.92 Å². The summed E-state index contributed by atoms with van der Waals surface area (Å²) in [6.07, 6.45) is 3.95. The van der Waals surface area contributed by atoms with Crippen molar-refractivity contribution in [3.63, 3.8) is 0 Å². The molecule has 1 fully saturated rings. The Kier molecular flexibility index (Phi) is 6.78. The van der Waals surface area contributed by atoms with Crippen LogP contribution in [0.3, 0.4) is 0 Å². The van der Waals surface area contributed by atoms with Crippen LogP contribution in [0.2, 0.25) is 0 Å². The van der Waals surface area contributed by atoms with E-state index in [1.54, 1.807) is 0 Å². The predicted molar refractivity (Wildman–Crippen MR) is 88.8 cm³/mol. The van der Waals surface area contributed by atoms with Crippen LogP contribution in [0.4, 0.5) is 0 Å². The molecular formula is C18H24N2O4. The molecule has 130 valence electrons. The van der Waals surface area contributed by atoms with E-state index in [9.17, 15) is 14.4 Å². The van der Waals surface area contributed by atoms with Gasteiger partial charge >= 0.3 is 5.97 Å². The summed E-state index contributed by atoms with van der Waals surface area (Å²) in [5.74, 6) is -0.933. The molecule has 2 N–H and O–H groups in total. The van der Waals surface area contributed by atoms with Gasteiger partial charge in [0.2, 0.25) is 11.8 Å². The van der Waals surface area contributed by atoms with E-state index in [0.29, 0.717) is 0 Å². The van der Waals surface area contributed by atoms with E-state index < -0.39 is 12.0 Å². The molecule has 0 bridgehead atoms. The predicted octanol–water partition coefficient (Wildman–Crippen LogP) is 1.54. The molecule has 1 aliphatic carbocycles. The Morgan fingerprint density at radius 2 is 1.83 bits per heavy atom. The number of amides is 2. The summed E-state index contributed by atoms with van der Waals surface area (Å²) >= 11 is 0. The number of hydrogen-bond acceptors (Lipinski definition) is 4. The van der Waals surface area contributed by atoms with E-state index >= 15 is 0 Å². The Morgan fingerprint density at radius 3 is 2.46 bits per heavy atom. The zero-order valence-electron chi connectivity index (χ0n) is 13.9. The highest BCUT2D eigenvalue weighted by Gasteiger charge is 2.31. The average molecular weight is 332 g/mol. The minimum absolute atomic E-state index is 0.134. The molecule has 1 aromatic rings. The van der Waals surface area contributed by atoms with Gasteiger partial charge in [0.25, 0.3) is 0 Å². The van der Waals surface area contributed by atoms with Crippen LogP contribution in [0.15, 0.2) is 30.3 Å².